The SMILES string of the molecule is Cc1cccc(C(=O)Nc2ccc(Cl)cc2Br)c1Cl. The number of hydrogen-bond donors (Lipinski definition) is 1. The molecule has 0 bridgehead atoms. The maximum absolute atomic E-state index is 12.2. The molecule has 2 nitrogen and oxygen atoms in total. The van der Waals surface area contributed by atoms with Gasteiger partial charge in [-0.3, -0.25) is 4.79 Å². The highest BCUT2D eigenvalue weighted by atomic mass is 79.9. The summed E-state index contributed by atoms with van der Waals surface area (Å²) in [6, 6.07) is 10.5. The molecule has 0 fully saturated rings. The lowest BCUT2D eigenvalue weighted by Crippen LogP contribution is -2.13. The van der Waals surface area contributed by atoms with Crippen LogP contribution in [0.2, 0.25) is 10.0 Å². The van der Waals surface area contributed by atoms with Crippen molar-refractivity contribution < 1.29 is 4.79 Å². The van der Waals surface area contributed by atoms with Crippen LogP contribution in [-0.2, 0) is 0 Å². The van der Waals surface area contributed by atoms with Crippen LogP contribution in [0, 0.1) is 6.92 Å². The number of carbonyl (C=O) groups excluding carboxylic acids is 1. The first-order valence-electron chi connectivity index (χ1n) is 5.50. The molecule has 2 rings (SSSR count). The first kappa shape index (κ1) is 14.4. The number of anilines is 1. The summed E-state index contributed by atoms with van der Waals surface area (Å²) in [4.78, 5) is 12.2. The average molecular weight is 359 g/mol. The highest BCUT2D eigenvalue weighted by molar-refractivity contribution is 9.10. The monoisotopic (exact) mass is 357 g/mol. The van der Waals surface area contributed by atoms with E-state index in [0.29, 0.717) is 21.3 Å². The minimum Gasteiger partial charge on any atom is -0.321 e. The van der Waals surface area contributed by atoms with Gasteiger partial charge in [0, 0.05) is 9.50 Å². The smallest absolute Gasteiger partial charge is 0.257 e. The van der Waals surface area contributed by atoms with Gasteiger partial charge in [0.05, 0.1) is 16.3 Å². The third-order valence-corrected chi connectivity index (χ3v) is 4.01. The second-order valence-electron chi connectivity index (χ2n) is 4.01. The molecular formula is C14H10BrCl2NO. The van der Waals surface area contributed by atoms with E-state index in [1.165, 1.54) is 0 Å². The van der Waals surface area contributed by atoms with Crippen molar-refractivity contribution in [2.45, 2.75) is 6.92 Å². The average Bonchev–Trinajstić information content (AvgIpc) is 2.36. The van der Waals surface area contributed by atoms with Crippen molar-refractivity contribution >= 4 is 50.7 Å². The van der Waals surface area contributed by atoms with Crippen LogP contribution in [0.3, 0.4) is 0 Å². The van der Waals surface area contributed by atoms with Gasteiger partial charge in [-0.25, -0.2) is 0 Å². The molecule has 19 heavy (non-hydrogen) atoms. The Hall–Kier alpha value is -1.03. The van der Waals surface area contributed by atoms with Crippen LogP contribution in [0.1, 0.15) is 15.9 Å². The first-order chi connectivity index (χ1) is 8.99. The lowest BCUT2D eigenvalue weighted by atomic mass is 10.1. The number of halogens is 3. The van der Waals surface area contributed by atoms with Crippen molar-refractivity contribution in [3.05, 3.63) is 62.0 Å². The molecule has 0 aliphatic carbocycles. The fourth-order valence-electron chi connectivity index (χ4n) is 1.60. The quantitative estimate of drug-likeness (QED) is 0.773. The minimum atomic E-state index is -0.253. The molecule has 0 aliphatic rings. The summed E-state index contributed by atoms with van der Waals surface area (Å²) in [7, 11) is 0. The fourth-order valence-corrected chi connectivity index (χ4v) is 2.60. The van der Waals surface area contributed by atoms with Gasteiger partial charge in [-0.2, -0.15) is 0 Å². The van der Waals surface area contributed by atoms with E-state index < -0.39 is 0 Å². The van der Waals surface area contributed by atoms with Crippen LogP contribution in [0.4, 0.5) is 5.69 Å². The summed E-state index contributed by atoms with van der Waals surface area (Å²) in [5, 5.41) is 3.85. The highest BCUT2D eigenvalue weighted by Crippen LogP contribution is 2.27. The lowest BCUT2D eigenvalue weighted by Gasteiger charge is -2.10. The molecule has 0 saturated carbocycles. The number of aryl methyl sites for hydroxylation is 1. The van der Waals surface area contributed by atoms with Crippen molar-refractivity contribution in [2.75, 3.05) is 5.32 Å². The molecule has 1 N–H and O–H groups in total. The zero-order chi connectivity index (χ0) is 14.0. The molecule has 0 saturated heterocycles. The van der Waals surface area contributed by atoms with Crippen LogP contribution in [-0.4, -0.2) is 5.91 Å². The number of benzene rings is 2. The summed E-state index contributed by atoms with van der Waals surface area (Å²) in [6.07, 6.45) is 0. The van der Waals surface area contributed by atoms with E-state index in [4.69, 9.17) is 23.2 Å². The molecule has 2 aromatic rings. The van der Waals surface area contributed by atoms with Gasteiger partial charge >= 0.3 is 0 Å². The lowest BCUT2D eigenvalue weighted by molar-refractivity contribution is 0.102. The van der Waals surface area contributed by atoms with E-state index in [9.17, 15) is 4.79 Å². The van der Waals surface area contributed by atoms with Crippen LogP contribution >= 0.6 is 39.1 Å². The van der Waals surface area contributed by atoms with E-state index in [2.05, 4.69) is 21.2 Å². The predicted octanol–water partition coefficient (Wildman–Crippen LogP) is 5.32. The topological polar surface area (TPSA) is 29.1 Å². The van der Waals surface area contributed by atoms with Gasteiger partial charge < -0.3 is 5.32 Å². The Labute approximate surface area is 129 Å². The van der Waals surface area contributed by atoms with Gasteiger partial charge in [-0.05, 0) is 52.7 Å². The van der Waals surface area contributed by atoms with Crippen LogP contribution in [0.15, 0.2) is 40.9 Å². The second-order valence-corrected chi connectivity index (χ2v) is 5.68. The van der Waals surface area contributed by atoms with Crippen molar-refractivity contribution in [3.63, 3.8) is 0 Å². The molecule has 0 aliphatic heterocycles. The van der Waals surface area contributed by atoms with Crippen molar-refractivity contribution in [3.8, 4) is 0 Å². The maximum Gasteiger partial charge on any atom is 0.257 e. The van der Waals surface area contributed by atoms with E-state index in [0.717, 1.165) is 10.0 Å². The van der Waals surface area contributed by atoms with Crippen molar-refractivity contribution in [2.24, 2.45) is 0 Å². The number of hydrogen-bond acceptors (Lipinski definition) is 1. The Kier molecular flexibility index (Phi) is 4.50. The zero-order valence-corrected chi connectivity index (χ0v) is 13.1. The number of rotatable bonds is 2. The van der Waals surface area contributed by atoms with Gasteiger partial charge in [0.25, 0.3) is 5.91 Å². The summed E-state index contributed by atoms with van der Waals surface area (Å²) in [5.74, 6) is -0.253. The molecule has 0 spiro atoms. The fraction of sp³-hybridized carbons (Fsp3) is 0.0714. The maximum atomic E-state index is 12.2. The molecule has 5 heteroatoms. The predicted molar refractivity (Wildman–Crippen MR) is 83.3 cm³/mol. The van der Waals surface area contributed by atoms with Gasteiger partial charge in [-0.15, -0.1) is 0 Å². The summed E-state index contributed by atoms with van der Waals surface area (Å²) in [5.41, 5.74) is 1.96. The van der Waals surface area contributed by atoms with Gasteiger partial charge in [0.2, 0.25) is 0 Å². The third-order valence-electron chi connectivity index (χ3n) is 2.62. The molecule has 0 heterocycles. The zero-order valence-electron chi connectivity index (χ0n) is 10.0. The van der Waals surface area contributed by atoms with E-state index >= 15 is 0 Å². The Morgan fingerprint density at radius 1 is 1.21 bits per heavy atom. The molecule has 0 aromatic heterocycles. The summed E-state index contributed by atoms with van der Waals surface area (Å²) in [6.45, 7) is 1.86. The molecule has 0 unspecified atom stereocenters. The molecule has 1 amide bonds. The normalized spacial score (nSPS) is 10.3. The molecule has 2 aromatic carbocycles. The van der Waals surface area contributed by atoms with Gasteiger partial charge in [0.15, 0.2) is 0 Å². The molecule has 0 atom stereocenters. The largest absolute Gasteiger partial charge is 0.321 e. The minimum absolute atomic E-state index is 0.253. The number of amides is 1. The third kappa shape index (κ3) is 3.30. The molecule has 98 valence electrons. The van der Waals surface area contributed by atoms with Gasteiger partial charge in [0.1, 0.15) is 0 Å². The molecule has 0 radical (unpaired) electrons. The first-order valence-corrected chi connectivity index (χ1v) is 7.05. The highest BCUT2D eigenvalue weighted by Gasteiger charge is 2.13. The van der Waals surface area contributed by atoms with E-state index in [1.807, 2.05) is 13.0 Å². The van der Waals surface area contributed by atoms with Crippen molar-refractivity contribution in [1.82, 2.24) is 0 Å². The van der Waals surface area contributed by atoms with Crippen LogP contribution < -0.4 is 5.32 Å². The summed E-state index contributed by atoms with van der Waals surface area (Å²) < 4.78 is 0.720. The second kappa shape index (κ2) is 5.95. The van der Waals surface area contributed by atoms with Crippen molar-refractivity contribution in [1.29, 1.82) is 0 Å². The Bertz CT molecular complexity index is 643. The Morgan fingerprint density at radius 3 is 2.63 bits per heavy atom. The Morgan fingerprint density at radius 2 is 1.95 bits per heavy atom. The van der Waals surface area contributed by atoms with Crippen LogP contribution in [0.25, 0.3) is 0 Å². The number of carbonyl (C=O) groups is 1. The summed E-state index contributed by atoms with van der Waals surface area (Å²) >= 11 is 15.3. The number of nitrogens with one attached hydrogen (secondary N) is 1. The van der Waals surface area contributed by atoms with E-state index in [-0.39, 0.29) is 5.91 Å². The Balaban J connectivity index is 2.28. The van der Waals surface area contributed by atoms with Gasteiger partial charge in [-0.1, -0.05) is 35.3 Å². The van der Waals surface area contributed by atoms with E-state index in [1.54, 1.807) is 30.3 Å². The van der Waals surface area contributed by atoms with Crippen LogP contribution in [0.5, 0.6) is 0 Å². The standard InChI is InChI=1S/C14H10BrCl2NO/c1-8-3-2-4-10(13(8)17)14(19)18-12-6-5-9(16)7-11(12)15/h2-7H,1H3,(H,18,19). The molecular weight excluding hydrogens is 349 g/mol.